The molecule has 0 aliphatic rings. The maximum absolute atomic E-state index is 6.05. The van der Waals surface area contributed by atoms with Gasteiger partial charge in [-0.2, -0.15) is 0 Å². The Bertz CT molecular complexity index is 874. The lowest BCUT2D eigenvalue weighted by Gasteiger charge is -2.10. The highest BCUT2D eigenvalue weighted by molar-refractivity contribution is 7.98. The first-order valence-corrected chi connectivity index (χ1v) is 9.92. The van der Waals surface area contributed by atoms with E-state index < -0.39 is 0 Å². The molecule has 4 nitrogen and oxygen atoms in total. The summed E-state index contributed by atoms with van der Waals surface area (Å²) in [6, 6.07) is 14.1. The summed E-state index contributed by atoms with van der Waals surface area (Å²) >= 11 is 7.71. The van der Waals surface area contributed by atoms with E-state index in [1.807, 2.05) is 30.3 Å². The molecule has 2 aromatic carbocycles. The van der Waals surface area contributed by atoms with E-state index >= 15 is 0 Å². The van der Waals surface area contributed by atoms with Gasteiger partial charge in [0.15, 0.2) is 11.0 Å². The summed E-state index contributed by atoms with van der Waals surface area (Å²) in [4.78, 5) is 0. The largest absolute Gasteiger partial charge is 0.486 e. The first-order valence-electron chi connectivity index (χ1n) is 8.55. The molecular formula is C20H22ClN3OS. The average molecular weight is 388 g/mol. The highest BCUT2D eigenvalue weighted by atomic mass is 35.5. The minimum absolute atomic E-state index is 0.404. The van der Waals surface area contributed by atoms with Gasteiger partial charge in [0.25, 0.3) is 0 Å². The van der Waals surface area contributed by atoms with E-state index in [0.29, 0.717) is 6.61 Å². The predicted octanol–water partition coefficient (Wildman–Crippen LogP) is 5.44. The van der Waals surface area contributed by atoms with Gasteiger partial charge in [0.2, 0.25) is 0 Å². The van der Waals surface area contributed by atoms with Gasteiger partial charge in [0.05, 0.1) is 0 Å². The molecule has 0 N–H and O–H groups in total. The standard InChI is InChI=1S/C20H22ClN3OS/c1-4-24-19(12-25-18-9-14(2)8-15(3)10-18)22-23-20(24)26-13-16-6-5-7-17(21)11-16/h5-11H,4,12-13H2,1-3H3. The molecule has 0 bridgehead atoms. The van der Waals surface area contributed by atoms with Crippen LogP contribution in [0.3, 0.4) is 0 Å². The normalized spacial score (nSPS) is 10.9. The molecule has 3 rings (SSSR count). The molecule has 0 spiro atoms. The Labute approximate surface area is 163 Å². The van der Waals surface area contributed by atoms with Crippen molar-refractivity contribution in [2.45, 2.75) is 44.8 Å². The highest BCUT2D eigenvalue weighted by Gasteiger charge is 2.12. The van der Waals surface area contributed by atoms with E-state index in [9.17, 15) is 0 Å². The van der Waals surface area contributed by atoms with Gasteiger partial charge in [-0.3, -0.25) is 0 Å². The lowest BCUT2D eigenvalue weighted by molar-refractivity contribution is 0.288. The monoisotopic (exact) mass is 387 g/mol. The molecule has 0 saturated heterocycles. The lowest BCUT2D eigenvalue weighted by atomic mass is 10.1. The molecule has 1 heterocycles. The van der Waals surface area contributed by atoms with Crippen molar-refractivity contribution >= 4 is 23.4 Å². The van der Waals surface area contributed by atoms with E-state index in [-0.39, 0.29) is 0 Å². The van der Waals surface area contributed by atoms with Gasteiger partial charge >= 0.3 is 0 Å². The number of aromatic nitrogens is 3. The van der Waals surface area contributed by atoms with Crippen LogP contribution >= 0.6 is 23.4 Å². The van der Waals surface area contributed by atoms with Crippen LogP contribution < -0.4 is 4.74 Å². The molecule has 0 aliphatic carbocycles. The highest BCUT2D eigenvalue weighted by Crippen LogP contribution is 2.24. The molecule has 0 atom stereocenters. The van der Waals surface area contributed by atoms with Crippen LogP contribution in [-0.4, -0.2) is 14.8 Å². The van der Waals surface area contributed by atoms with Gasteiger partial charge in [0, 0.05) is 17.3 Å². The quantitative estimate of drug-likeness (QED) is 0.506. The number of ether oxygens (including phenoxy) is 1. The predicted molar refractivity (Wildman–Crippen MR) is 107 cm³/mol. The number of thioether (sulfide) groups is 1. The summed E-state index contributed by atoms with van der Waals surface area (Å²) in [5.41, 5.74) is 3.55. The molecule has 3 aromatic rings. The molecule has 26 heavy (non-hydrogen) atoms. The number of halogens is 1. The Morgan fingerprint density at radius 3 is 2.54 bits per heavy atom. The maximum Gasteiger partial charge on any atom is 0.191 e. The minimum Gasteiger partial charge on any atom is -0.486 e. The fraction of sp³-hybridized carbons (Fsp3) is 0.300. The van der Waals surface area contributed by atoms with E-state index in [0.717, 1.165) is 34.1 Å². The van der Waals surface area contributed by atoms with Gasteiger partial charge in [0.1, 0.15) is 12.4 Å². The van der Waals surface area contributed by atoms with Crippen molar-refractivity contribution in [3.63, 3.8) is 0 Å². The number of hydrogen-bond acceptors (Lipinski definition) is 4. The second-order valence-corrected chi connectivity index (χ2v) is 7.55. The first-order chi connectivity index (χ1) is 12.5. The summed E-state index contributed by atoms with van der Waals surface area (Å²) in [6.07, 6.45) is 0. The molecule has 136 valence electrons. The van der Waals surface area contributed by atoms with Gasteiger partial charge in [-0.1, -0.05) is 41.6 Å². The summed E-state index contributed by atoms with van der Waals surface area (Å²) in [5, 5.41) is 10.3. The van der Waals surface area contributed by atoms with Crippen LogP contribution in [0, 0.1) is 13.8 Å². The Balaban J connectivity index is 1.67. The Hall–Kier alpha value is -1.98. The summed E-state index contributed by atoms with van der Waals surface area (Å²) in [7, 11) is 0. The number of aryl methyl sites for hydroxylation is 2. The molecule has 0 radical (unpaired) electrons. The van der Waals surface area contributed by atoms with Crippen LogP contribution in [0.1, 0.15) is 29.4 Å². The first kappa shape index (κ1) is 18.8. The fourth-order valence-electron chi connectivity index (χ4n) is 2.79. The smallest absolute Gasteiger partial charge is 0.191 e. The third-order valence-electron chi connectivity index (χ3n) is 3.93. The summed E-state index contributed by atoms with van der Waals surface area (Å²) in [6.45, 7) is 7.43. The van der Waals surface area contributed by atoms with Crippen molar-refractivity contribution < 1.29 is 4.74 Å². The number of benzene rings is 2. The van der Waals surface area contributed by atoms with E-state index in [1.165, 1.54) is 16.7 Å². The molecule has 1 aromatic heterocycles. The third-order valence-corrected chi connectivity index (χ3v) is 5.20. The maximum atomic E-state index is 6.05. The van der Waals surface area contributed by atoms with Gasteiger partial charge in [-0.05, 0) is 61.7 Å². The fourth-order valence-corrected chi connectivity index (χ4v) is 3.97. The molecule has 0 unspecified atom stereocenters. The van der Waals surface area contributed by atoms with Crippen LogP contribution in [0.4, 0.5) is 0 Å². The molecule has 6 heteroatoms. The lowest BCUT2D eigenvalue weighted by Crippen LogP contribution is -2.07. The molecule has 0 aliphatic heterocycles. The SMILES string of the molecule is CCn1c(COc2cc(C)cc(C)c2)nnc1SCc1cccc(Cl)c1. The van der Waals surface area contributed by atoms with Gasteiger partial charge < -0.3 is 9.30 Å². The summed E-state index contributed by atoms with van der Waals surface area (Å²) in [5.74, 6) is 2.50. The average Bonchev–Trinajstić information content (AvgIpc) is 2.99. The van der Waals surface area contributed by atoms with Crippen molar-refractivity contribution in [3.8, 4) is 5.75 Å². The molecule has 0 fully saturated rings. The zero-order chi connectivity index (χ0) is 18.5. The van der Waals surface area contributed by atoms with Gasteiger partial charge in [-0.15, -0.1) is 10.2 Å². The number of rotatable bonds is 7. The van der Waals surface area contributed by atoms with Crippen molar-refractivity contribution in [2.75, 3.05) is 0 Å². The Morgan fingerprint density at radius 2 is 1.85 bits per heavy atom. The van der Waals surface area contributed by atoms with Crippen LogP contribution in [0.15, 0.2) is 47.6 Å². The second kappa shape index (κ2) is 8.60. The van der Waals surface area contributed by atoms with E-state index in [2.05, 4.69) is 47.7 Å². The van der Waals surface area contributed by atoms with Crippen LogP contribution in [-0.2, 0) is 18.9 Å². The van der Waals surface area contributed by atoms with Crippen molar-refractivity contribution in [3.05, 3.63) is 70.0 Å². The minimum atomic E-state index is 0.404. The number of nitrogens with zero attached hydrogens (tertiary/aromatic N) is 3. The van der Waals surface area contributed by atoms with Crippen LogP contribution in [0.2, 0.25) is 5.02 Å². The zero-order valence-electron chi connectivity index (χ0n) is 15.2. The summed E-state index contributed by atoms with van der Waals surface area (Å²) < 4.78 is 8.03. The molecule has 0 saturated carbocycles. The molecule has 0 amide bonds. The van der Waals surface area contributed by atoms with Crippen molar-refractivity contribution in [1.82, 2.24) is 14.8 Å². The second-order valence-electron chi connectivity index (χ2n) is 6.17. The number of hydrogen-bond donors (Lipinski definition) is 0. The van der Waals surface area contributed by atoms with Crippen molar-refractivity contribution in [1.29, 1.82) is 0 Å². The zero-order valence-corrected chi connectivity index (χ0v) is 16.8. The van der Waals surface area contributed by atoms with E-state index in [4.69, 9.17) is 16.3 Å². The van der Waals surface area contributed by atoms with Crippen LogP contribution in [0.25, 0.3) is 0 Å². The van der Waals surface area contributed by atoms with Crippen molar-refractivity contribution in [2.24, 2.45) is 0 Å². The van der Waals surface area contributed by atoms with Gasteiger partial charge in [-0.25, -0.2) is 0 Å². The Morgan fingerprint density at radius 1 is 1.08 bits per heavy atom. The van der Waals surface area contributed by atoms with Crippen LogP contribution in [0.5, 0.6) is 5.75 Å². The van der Waals surface area contributed by atoms with E-state index in [1.54, 1.807) is 11.8 Å². The topological polar surface area (TPSA) is 39.9 Å². The third kappa shape index (κ3) is 4.80. The molecular weight excluding hydrogens is 366 g/mol. The Kier molecular flexibility index (Phi) is 6.22.